The maximum Gasteiger partial charge on any atom is 0.223 e. The number of rotatable bonds is 13. The molecule has 0 fully saturated rings. The molecule has 33 heavy (non-hydrogen) atoms. The fraction of sp³-hybridized carbons (Fsp3) is 0.333. The van der Waals surface area contributed by atoms with Crippen molar-refractivity contribution in [2.75, 3.05) is 33.8 Å². The largest absolute Gasteiger partial charge is 0.497 e. The average molecular weight is 447 g/mol. The zero-order chi connectivity index (χ0) is 23.3. The number of likely N-dealkylation sites (N-methyl/N-ethyl adjacent to an activating group) is 1. The van der Waals surface area contributed by atoms with Crippen molar-refractivity contribution >= 4 is 12.0 Å². The number of imidazole rings is 1. The minimum atomic E-state index is 0.0627. The van der Waals surface area contributed by atoms with E-state index in [1.807, 2.05) is 59.3 Å². The minimum Gasteiger partial charge on any atom is -0.497 e. The van der Waals surface area contributed by atoms with Crippen LogP contribution >= 0.6 is 0 Å². The number of amides is 1. The van der Waals surface area contributed by atoms with E-state index in [1.165, 1.54) is 5.56 Å². The molecular weight excluding hydrogens is 412 g/mol. The Hall–Kier alpha value is -3.38. The summed E-state index contributed by atoms with van der Waals surface area (Å²) in [6.07, 6.45) is 12.8. The molecular formula is C27H34N4O2. The highest BCUT2D eigenvalue weighted by atomic mass is 16.5. The van der Waals surface area contributed by atoms with Crippen LogP contribution in [0.1, 0.15) is 30.4 Å². The number of aromatic nitrogens is 2. The van der Waals surface area contributed by atoms with Gasteiger partial charge in [0.1, 0.15) is 5.75 Å². The highest BCUT2D eigenvalue weighted by Crippen LogP contribution is 2.13. The number of methoxy groups -OCH3 is 1. The van der Waals surface area contributed by atoms with Crippen LogP contribution < -0.4 is 10.1 Å². The predicted molar refractivity (Wildman–Crippen MR) is 134 cm³/mol. The Kier molecular flexibility index (Phi) is 9.73. The molecule has 174 valence electrons. The second kappa shape index (κ2) is 13.2. The van der Waals surface area contributed by atoms with Crippen molar-refractivity contribution in [2.24, 2.45) is 0 Å². The van der Waals surface area contributed by atoms with Crippen molar-refractivity contribution in [1.82, 2.24) is 19.8 Å². The van der Waals surface area contributed by atoms with Crippen molar-refractivity contribution in [3.05, 3.63) is 84.5 Å². The Morgan fingerprint density at radius 1 is 1.15 bits per heavy atom. The van der Waals surface area contributed by atoms with E-state index in [0.717, 1.165) is 55.9 Å². The average Bonchev–Trinajstić information content (AvgIpc) is 3.38. The van der Waals surface area contributed by atoms with Crippen LogP contribution in [-0.2, 0) is 11.2 Å². The van der Waals surface area contributed by atoms with Crippen LogP contribution in [0.3, 0.4) is 0 Å². The SMILES string of the molecule is COc1cccc(CCN(C)CCCCNC(=O)C/C=C/c2ccc(-n3ccnc3)cc2)c1. The number of hydrogen-bond donors (Lipinski definition) is 1. The van der Waals surface area contributed by atoms with Crippen LogP contribution in [0.25, 0.3) is 11.8 Å². The molecule has 3 aromatic rings. The van der Waals surface area contributed by atoms with E-state index in [0.29, 0.717) is 6.42 Å². The molecule has 0 radical (unpaired) electrons. The summed E-state index contributed by atoms with van der Waals surface area (Å²) in [7, 11) is 3.84. The zero-order valence-electron chi connectivity index (χ0n) is 19.6. The van der Waals surface area contributed by atoms with Crippen molar-refractivity contribution in [3.8, 4) is 11.4 Å². The van der Waals surface area contributed by atoms with Gasteiger partial charge in [0, 0.05) is 37.6 Å². The second-order valence-electron chi connectivity index (χ2n) is 8.13. The van der Waals surface area contributed by atoms with Gasteiger partial charge in [0.05, 0.1) is 13.4 Å². The number of nitrogens with zero attached hydrogens (tertiary/aromatic N) is 3. The molecule has 0 spiro atoms. The van der Waals surface area contributed by atoms with Crippen LogP contribution in [0.5, 0.6) is 5.75 Å². The summed E-state index contributed by atoms with van der Waals surface area (Å²) in [5.41, 5.74) is 3.42. The third kappa shape index (κ3) is 8.58. The van der Waals surface area contributed by atoms with E-state index in [2.05, 4.69) is 34.4 Å². The Morgan fingerprint density at radius 2 is 2.00 bits per heavy atom. The molecule has 6 heteroatoms. The van der Waals surface area contributed by atoms with Gasteiger partial charge in [0.2, 0.25) is 5.91 Å². The summed E-state index contributed by atoms with van der Waals surface area (Å²) in [5.74, 6) is 0.969. The smallest absolute Gasteiger partial charge is 0.223 e. The number of ether oxygens (including phenoxy) is 1. The third-order valence-corrected chi connectivity index (χ3v) is 5.51. The van der Waals surface area contributed by atoms with Gasteiger partial charge < -0.3 is 19.5 Å². The van der Waals surface area contributed by atoms with Gasteiger partial charge in [-0.05, 0) is 68.2 Å². The lowest BCUT2D eigenvalue weighted by Crippen LogP contribution is -2.26. The first kappa shape index (κ1) is 24.3. The Morgan fingerprint density at radius 3 is 2.76 bits per heavy atom. The number of carbonyl (C=O) groups is 1. The topological polar surface area (TPSA) is 59.4 Å². The monoisotopic (exact) mass is 446 g/mol. The van der Waals surface area contributed by atoms with Gasteiger partial charge >= 0.3 is 0 Å². The van der Waals surface area contributed by atoms with E-state index in [1.54, 1.807) is 19.6 Å². The molecule has 3 rings (SSSR count). The molecule has 1 N–H and O–H groups in total. The van der Waals surface area contributed by atoms with E-state index in [-0.39, 0.29) is 5.91 Å². The standard InChI is InChI=1S/C27H34N4O2/c1-30(19-15-24-8-5-9-26(21-24)33-2)18-4-3-16-29-27(32)10-6-7-23-11-13-25(14-12-23)31-20-17-28-22-31/h5-9,11-14,17,20-22H,3-4,10,15-16,18-19H2,1-2H3,(H,29,32)/b7-6+. The quantitative estimate of drug-likeness (QED) is 0.397. The maximum atomic E-state index is 12.1. The second-order valence-corrected chi connectivity index (χ2v) is 8.13. The molecule has 0 aliphatic rings. The molecule has 0 aliphatic carbocycles. The summed E-state index contributed by atoms with van der Waals surface area (Å²) in [5, 5.41) is 3.01. The van der Waals surface area contributed by atoms with Crippen LogP contribution in [0.15, 0.2) is 73.3 Å². The number of unbranched alkanes of at least 4 members (excludes halogenated alkanes) is 1. The van der Waals surface area contributed by atoms with Gasteiger partial charge in [0.15, 0.2) is 0 Å². The van der Waals surface area contributed by atoms with Crippen LogP contribution in [0.2, 0.25) is 0 Å². The van der Waals surface area contributed by atoms with E-state index >= 15 is 0 Å². The lowest BCUT2D eigenvalue weighted by atomic mass is 10.1. The molecule has 0 atom stereocenters. The lowest BCUT2D eigenvalue weighted by Gasteiger charge is -2.16. The number of nitrogens with one attached hydrogen (secondary N) is 1. The third-order valence-electron chi connectivity index (χ3n) is 5.51. The van der Waals surface area contributed by atoms with Crippen LogP contribution in [0.4, 0.5) is 0 Å². The Labute approximate surface area is 196 Å². The number of hydrogen-bond acceptors (Lipinski definition) is 4. The van der Waals surface area contributed by atoms with E-state index < -0.39 is 0 Å². The van der Waals surface area contributed by atoms with Gasteiger partial charge in [-0.2, -0.15) is 0 Å². The maximum absolute atomic E-state index is 12.1. The summed E-state index contributed by atoms with van der Waals surface area (Å²) >= 11 is 0. The molecule has 0 unspecified atom stereocenters. The fourth-order valence-electron chi connectivity index (χ4n) is 3.54. The molecule has 6 nitrogen and oxygen atoms in total. The molecule has 1 aromatic heterocycles. The summed E-state index contributed by atoms with van der Waals surface area (Å²) in [4.78, 5) is 18.5. The summed E-state index contributed by atoms with van der Waals surface area (Å²) in [6.45, 7) is 2.75. The fourth-order valence-corrected chi connectivity index (χ4v) is 3.54. The molecule has 0 saturated carbocycles. The molecule has 0 saturated heterocycles. The van der Waals surface area contributed by atoms with Gasteiger partial charge in [-0.3, -0.25) is 4.79 Å². The number of carbonyl (C=O) groups excluding carboxylic acids is 1. The molecule has 0 bridgehead atoms. The van der Waals surface area contributed by atoms with Crippen molar-refractivity contribution < 1.29 is 9.53 Å². The summed E-state index contributed by atoms with van der Waals surface area (Å²) in [6, 6.07) is 16.4. The Bertz CT molecular complexity index is 997. The van der Waals surface area contributed by atoms with Crippen molar-refractivity contribution in [2.45, 2.75) is 25.7 Å². The van der Waals surface area contributed by atoms with Gasteiger partial charge in [-0.1, -0.05) is 36.4 Å². The lowest BCUT2D eigenvalue weighted by molar-refractivity contribution is -0.120. The predicted octanol–water partition coefficient (Wildman–Crippen LogP) is 4.36. The summed E-state index contributed by atoms with van der Waals surface area (Å²) < 4.78 is 7.24. The van der Waals surface area contributed by atoms with Gasteiger partial charge in [-0.15, -0.1) is 0 Å². The van der Waals surface area contributed by atoms with Crippen LogP contribution in [0, 0.1) is 0 Å². The molecule has 0 aliphatic heterocycles. The molecule has 1 heterocycles. The normalized spacial score (nSPS) is 11.2. The van der Waals surface area contributed by atoms with Gasteiger partial charge in [0.25, 0.3) is 0 Å². The molecule has 2 aromatic carbocycles. The minimum absolute atomic E-state index is 0.0627. The van der Waals surface area contributed by atoms with Crippen molar-refractivity contribution in [1.29, 1.82) is 0 Å². The first-order chi connectivity index (χ1) is 16.1. The highest BCUT2D eigenvalue weighted by molar-refractivity contribution is 5.78. The van der Waals surface area contributed by atoms with Crippen molar-refractivity contribution in [3.63, 3.8) is 0 Å². The van der Waals surface area contributed by atoms with E-state index in [4.69, 9.17) is 4.74 Å². The van der Waals surface area contributed by atoms with E-state index in [9.17, 15) is 4.79 Å². The van der Waals surface area contributed by atoms with Gasteiger partial charge in [-0.25, -0.2) is 4.98 Å². The zero-order valence-corrected chi connectivity index (χ0v) is 19.6. The van der Waals surface area contributed by atoms with Crippen LogP contribution in [-0.4, -0.2) is 54.1 Å². The highest BCUT2D eigenvalue weighted by Gasteiger charge is 2.02. The first-order valence-corrected chi connectivity index (χ1v) is 11.5. The number of benzene rings is 2. The Balaban J connectivity index is 1.25. The first-order valence-electron chi connectivity index (χ1n) is 11.5. The molecule has 1 amide bonds.